The predicted molar refractivity (Wildman–Crippen MR) is 117 cm³/mol. The molecule has 2 N–H and O–H groups in total. The molecule has 32 heavy (non-hydrogen) atoms. The van der Waals surface area contributed by atoms with E-state index in [9.17, 15) is 19.5 Å². The van der Waals surface area contributed by atoms with Gasteiger partial charge in [0.25, 0.3) is 11.4 Å². The molecule has 4 rings (SSSR count). The van der Waals surface area contributed by atoms with Crippen molar-refractivity contribution in [2.75, 3.05) is 6.61 Å². The van der Waals surface area contributed by atoms with Gasteiger partial charge in [-0.2, -0.15) is 0 Å². The second kappa shape index (κ2) is 8.46. The van der Waals surface area contributed by atoms with Gasteiger partial charge in [-0.1, -0.05) is 42.5 Å². The number of nitrogens with zero attached hydrogens (tertiary/aromatic N) is 3. The zero-order valence-corrected chi connectivity index (χ0v) is 17.5. The third-order valence-electron chi connectivity index (χ3n) is 5.01. The second-order valence-electron chi connectivity index (χ2n) is 7.34. The van der Waals surface area contributed by atoms with Gasteiger partial charge in [-0.3, -0.25) is 9.59 Å². The van der Waals surface area contributed by atoms with Crippen LogP contribution in [0.2, 0.25) is 0 Å². The first-order chi connectivity index (χ1) is 15.3. The number of ketones is 1. The molecule has 9 heteroatoms. The van der Waals surface area contributed by atoms with E-state index in [-0.39, 0.29) is 23.8 Å². The predicted octanol–water partition coefficient (Wildman–Crippen LogP) is 2.81. The maximum absolute atomic E-state index is 12.5. The van der Waals surface area contributed by atoms with E-state index in [4.69, 9.17) is 4.74 Å². The number of carboxylic acids is 1. The van der Waals surface area contributed by atoms with Crippen molar-refractivity contribution in [2.45, 2.75) is 20.4 Å². The molecule has 4 aromatic rings. The van der Waals surface area contributed by atoms with Crippen molar-refractivity contribution in [3.63, 3.8) is 0 Å². The van der Waals surface area contributed by atoms with Crippen LogP contribution < -0.4 is 10.3 Å². The number of aromatic amines is 1. The number of nitrogens with one attached hydrogen (secondary N) is 1. The minimum atomic E-state index is -0.985. The molecule has 0 unspecified atom stereocenters. The third-order valence-corrected chi connectivity index (χ3v) is 5.01. The average Bonchev–Trinajstić information content (AvgIpc) is 3.10. The lowest BCUT2D eigenvalue weighted by Gasteiger charge is -2.10. The summed E-state index contributed by atoms with van der Waals surface area (Å²) in [4.78, 5) is 39.6. The van der Waals surface area contributed by atoms with Gasteiger partial charge >= 0.3 is 5.97 Å². The van der Waals surface area contributed by atoms with Gasteiger partial charge in [0.05, 0.1) is 5.56 Å². The Morgan fingerprint density at radius 2 is 1.84 bits per heavy atom. The molecule has 0 atom stereocenters. The number of hydrogen-bond donors (Lipinski definition) is 2. The highest BCUT2D eigenvalue weighted by Gasteiger charge is 2.18. The Kier molecular flexibility index (Phi) is 5.55. The van der Waals surface area contributed by atoms with Crippen molar-refractivity contribution in [3.8, 4) is 17.0 Å². The van der Waals surface area contributed by atoms with Gasteiger partial charge in [-0.05, 0) is 36.6 Å². The zero-order valence-electron chi connectivity index (χ0n) is 17.5. The average molecular weight is 432 g/mol. The van der Waals surface area contributed by atoms with Gasteiger partial charge in [-0.15, -0.1) is 5.10 Å². The quantitative estimate of drug-likeness (QED) is 0.460. The normalized spacial score (nSPS) is 10.9. The Morgan fingerprint density at radius 3 is 2.53 bits per heavy atom. The Hall–Kier alpha value is -4.27. The van der Waals surface area contributed by atoms with Crippen LogP contribution in [0, 0.1) is 6.92 Å². The van der Waals surface area contributed by atoms with Crippen LogP contribution in [0.5, 0.6) is 5.88 Å². The minimum absolute atomic E-state index is 0.0947. The molecule has 0 bridgehead atoms. The summed E-state index contributed by atoms with van der Waals surface area (Å²) in [5, 5.41) is 15.7. The maximum atomic E-state index is 12.5. The van der Waals surface area contributed by atoms with Crippen molar-refractivity contribution in [1.82, 2.24) is 19.7 Å². The first kappa shape index (κ1) is 21.0. The van der Waals surface area contributed by atoms with E-state index in [1.807, 2.05) is 24.3 Å². The summed E-state index contributed by atoms with van der Waals surface area (Å²) < 4.78 is 7.14. The number of hydrogen-bond acceptors (Lipinski definition) is 6. The first-order valence-electron chi connectivity index (χ1n) is 9.84. The van der Waals surface area contributed by atoms with Gasteiger partial charge in [0.15, 0.2) is 11.3 Å². The molecule has 0 aliphatic carbocycles. The van der Waals surface area contributed by atoms with E-state index in [0.29, 0.717) is 29.0 Å². The molecule has 0 saturated heterocycles. The molecule has 0 spiro atoms. The smallest absolute Gasteiger partial charge is 0.336 e. The van der Waals surface area contributed by atoms with E-state index in [0.717, 1.165) is 11.1 Å². The summed E-state index contributed by atoms with van der Waals surface area (Å²) >= 11 is 0. The molecule has 0 amide bonds. The summed E-state index contributed by atoms with van der Waals surface area (Å²) in [5.74, 6) is -0.476. The molecule has 0 aliphatic heterocycles. The van der Waals surface area contributed by atoms with Crippen LogP contribution in [-0.2, 0) is 11.3 Å². The maximum Gasteiger partial charge on any atom is 0.336 e. The highest BCUT2D eigenvalue weighted by molar-refractivity contribution is 5.96. The number of Topliss-reactive ketones (excluding diaryl/α,β-unsaturated/α-hetero) is 1. The lowest BCUT2D eigenvalue weighted by Crippen LogP contribution is -2.16. The molecule has 0 aliphatic rings. The lowest BCUT2D eigenvalue weighted by molar-refractivity contribution is -0.118. The minimum Gasteiger partial charge on any atom is -0.478 e. The number of fused-ring (bicyclic) bond motifs is 1. The van der Waals surface area contributed by atoms with Crippen molar-refractivity contribution >= 4 is 22.8 Å². The summed E-state index contributed by atoms with van der Waals surface area (Å²) in [7, 11) is 0. The van der Waals surface area contributed by atoms with E-state index in [1.54, 1.807) is 35.8 Å². The molecule has 0 radical (unpaired) electrons. The van der Waals surface area contributed by atoms with Crippen molar-refractivity contribution in [3.05, 3.63) is 75.8 Å². The number of benzene rings is 2. The number of aromatic nitrogens is 4. The highest BCUT2D eigenvalue weighted by atomic mass is 16.5. The molecule has 2 aromatic carbocycles. The number of ether oxygens (including phenoxy) is 1. The van der Waals surface area contributed by atoms with Crippen molar-refractivity contribution in [2.24, 2.45) is 0 Å². The van der Waals surface area contributed by atoms with Crippen LogP contribution >= 0.6 is 0 Å². The van der Waals surface area contributed by atoms with Crippen LogP contribution in [0.4, 0.5) is 0 Å². The number of aromatic carboxylic acids is 1. The Bertz CT molecular complexity index is 1390. The number of H-pyrrole nitrogens is 1. The summed E-state index contributed by atoms with van der Waals surface area (Å²) in [6.45, 7) is 3.36. The molecule has 2 heterocycles. The number of carbonyl (C=O) groups excluding carboxylic acids is 1. The summed E-state index contributed by atoms with van der Waals surface area (Å²) in [6.07, 6.45) is 0. The van der Waals surface area contributed by atoms with E-state index >= 15 is 0 Å². The van der Waals surface area contributed by atoms with Crippen LogP contribution in [0.25, 0.3) is 22.2 Å². The summed E-state index contributed by atoms with van der Waals surface area (Å²) in [6, 6.07) is 14.3. The van der Waals surface area contributed by atoms with Crippen LogP contribution in [0.3, 0.4) is 0 Å². The third kappa shape index (κ3) is 4.00. The van der Waals surface area contributed by atoms with Gasteiger partial charge in [-0.25, -0.2) is 14.9 Å². The van der Waals surface area contributed by atoms with E-state index < -0.39 is 11.5 Å². The number of rotatable bonds is 7. The van der Waals surface area contributed by atoms with Crippen molar-refractivity contribution in [1.29, 1.82) is 0 Å². The standard InChI is InChI=1S/C23H20N4O5/c1-13(28)12-32-22-19-20(21(29)25-26-22)27(14(2)24-19)11-15-7-9-16(10-8-15)17-5-3-4-6-18(17)23(30)31/h3-10H,11-12H2,1-2H3,(H,25,29)(H,30,31). The number of aryl methyl sites for hydroxylation is 1. The van der Waals surface area contributed by atoms with Crippen LogP contribution in [-0.4, -0.2) is 43.2 Å². The fraction of sp³-hybridized carbons (Fsp3) is 0.174. The lowest BCUT2D eigenvalue weighted by atomic mass is 9.99. The van der Waals surface area contributed by atoms with Gasteiger partial charge in [0.2, 0.25) is 0 Å². The second-order valence-corrected chi connectivity index (χ2v) is 7.34. The molecule has 9 nitrogen and oxygen atoms in total. The molecule has 0 saturated carbocycles. The molecule has 162 valence electrons. The zero-order chi connectivity index (χ0) is 22.8. The Balaban J connectivity index is 1.68. The van der Waals surface area contributed by atoms with E-state index in [2.05, 4.69) is 15.2 Å². The first-order valence-corrected chi connectivity index (χ1v) is 9.84. The van der Waals surface area contributed by atoms with Gasteiger partial charge in [0.1, 0.15) is 17.9 Å². The number of carbonyl (C=O) groups is 2. The van der Waals surface area contributed by atoms with E-state index in [1.165, 1.54) is 6.92 Å². The molecule has 0 fully saturated rings. The van der Waals surface area contributed by atoms with Crippen molar-refractivity contribution < 1.29 is 19.4 Å². The van der Waals surface area contributed by atoms with Gasteiger partial charge in [0, 0.05) is 6.54 Å². The van der Waals surface area contributed by atoms with Gasteiger partial charge < -0.3 is 14.4 Å². The SMILES string of the molecule is CC(=O)COc1n[nH]c(=O)c2c1nc(C)n2Cc1ccc(-c2ccccc2C(=O)O)cc1. The topological polar surface area (TPSA) is 127 Å². The summed E-state index contributed by atoms with van der Waals surface area (Å²) in [5.41, 5.74) is 2.71. The van der Waals surface area contributed by atoms with Crippen LogP contribution in [0.15, 0.2) is 53.3 Å². The van der Waals surface area contributed by atoms with Crippen LogP contribution in [0.1, 0.15) is 28.7 Å². The molecular weight excluding hydrogens is 412 g/mol. The highest BCUT2D eigenvalue weighted by Crippen LogP contribution is 2.25. The number of imidazole rings is 1. The Morgan fingerprint density at radius 1 is 1.12 bits per heavy atom. The molecular formula is C23H20N4O5. The largest absolute Gasteiger partial charge is 0.478 e. The number of carboxylic acid groups (broad SMARTS) is 1. The monoisotopic (exact) mass is 432 g/mol. The molecule has 2 aromatic heterocycles. The fourth-order valence-electron chi connectivity index (χ4n) is 3.51. The Labute approximate surface area is 182 Å². The fourth-order valence-corrected chi connectivity index (χ4v) is 3.51.